The average molecular weight is 354 g/mol. The van der Waals surface area contributed by atoms with Gasteiger partial charge in [0.25, 0.3) is 0 Å². The normalized spacial score (nSPS) is 12.8. The number of hydroxylamine groups is 1. The fourth-order valence-electron chi connectivity index (χ4n) is 2.70. The number of carbonyl (C=O) groups excluding carboxylic acids is 2. The second kappa shape index (κ2) is 9.01. The molecule has 3 rings (SSSR count). The van der Waals surface area contributed by atoms with Crippen molar-refractivity contribution in [3.63, 3.8) is 0 Å². The van der Waals surface area contributed by atoms with Crippen LogP contribution in [0, 0.1) is 0 Å². The minimum absolute atomic E-state index is 0.0478. The van der Waals surface area contributed by atoms with E-state index < -0.39 is 0 Å². The largest absolute Gasteiger partial charge is 0.494 e. The van der Waals surface area contributed by atoms with E-state index in [0.717, 1.165) is 29.0 Å². The molecule has 2 amide bonds. The molecule has 0 radical (unpaired) electrons. The van der Waals surface area contributed by atoms with Gasteiger partial charge in [-0.3, -0.25) is 14.4 Å². The standard InChI is InChI=1S/C20H22N2O4/c23-19-11-8-16-13-17(9-10-18(16)21-19)25-12-4-7-20(24)22-26-14-15-5-2-1-3-6-15/h1-3,5-6,9-10,13H,4,7-8,11-12,14H2,(H,21,23)(H,22,24). The first-order valence-electron chi connectivity index (χ1n) is 8.71. The number of amides is 2. The van der Waals surface area contributed by atoms with Crippen LogP contribution in [0.15, 0.2) is 48.5 Å². The summed E-state index contributed by atoms with van der Waals surface area (Å²) in [5.74, 6) is 0.630. The van der Waals surface area contributed by atoms with Gasteiger partial charge >= 0.3 is 0 Å². The Hall–Kier alpha value is -2.86. The van der Waals surface area contributed by atoms with Gasteiger partial charge in [-0.1, -0.05) is 30.3 Å². The molecule has 2 aromatic rings. The maximum Gasteiger partial charge on any atom is 0.243 e. The third-order valence-corrected chi connectivity index (χ3v) is 4.06. The molecule has 0 atom stereocenters. The summed E-state index contributed by atoms with van der Waals surface area (Å²) in [6.45, 7) is 0.784. The molecule has 1 aliphatic rings. The summed E-state index contributed by atoms with van der Waals surface area (Å²) in [7, 11) is 0. The van der Waals surface area contributed by atoms with E-state index >= 15 is 0 Å². The Morgan fingerprint density at radius 2 is 1.96 bits per heavy atom. The molecule has 0 aliphatic carbocycles. The summed E-state index contributed by atoms with van der Waals surface area (Å²) in [6.07, 6.45) is 2.14. The molecule has 1 heterocycles. The fourth-order valence-corrected chi connectivity index (χ4v) is 2.70. The lowest BCUT2D eigenvalue weighted by molar-refractivity contribution is -0.134. The summed E-state index contributed by atoms with van der Waals surface area (Å²) in [6, 6.07) is 15.3. The van der Waals surface area contributed by atoms with E-state index in [2.05, 4.69) is 10.8 Å². The maximum absolute atomic E-state index is 11.7. The topological polar surface area (TPSA) is 76.7 Å². The predicted octanol–water partition coefficient (Wildman–Crippen LogP) is 2.98. The number of benzene rings is 2. The molecule has 0 spiro atoms. The summed E-state index contributed by atoms with van der Waals surface area (Å²) >= 11 is 0. The number of rotatable bonds is 8. The van der Waals surface area contributed by atoms with Crippen LogP contribution in [0.3, 0.4) is 0 Å². The number of carbonyl (C=O) groups is 2. The lowest BCUT2D eigenvalue weighted by Crippen LogP contribution is -2.23. The highest BCUT2D eigenvalue weighted by molar-refractivity contribution is 5.94. The molecule has 0 unspecified atom stereocenters. The molecular formula is C20H22N2O4. The zero-order valence-electron chi connectivity index (χ0n) is 14.5. The van der Waals surface area contributed by atoms with Gasteiger partial charge in [0, 0.05) is 18.5 Å². The minimum Gasteiger partial charge on any atom is -0.494 e. The van der Waals surface area contributed by atoms with Gasteiger partial charge in [-0.05, 0) is 42.2 Å². The molecular weight excluding hydrogens is 332 g/mol. The number of fused-ring (bicyclic) bond motifs is 1. The smallest absolute Gasteiger partial charge is 0.243 e. The zero-order chi connectivity index (χ0) is 18.2. The number of anilines is 1. The van der Waals surface area contributed by atoms with Gasteiger partial charge in [-0.25, -0.2) is 5.48 Å². The minimum atomic E-state index is -0.169. The lowest BCUT2D eigenvalue weighted by Gasteiger charge is -2.17. The Labute approximate surface area is 152 Å². The second-order valence-electron chi connectivity index (χ2n) is 6.12. The van der Waals surface area contributed by atoms with Crippen LogP contribution in [0.4, 0.5) is 5.69 Å². The van der Waals surface area contributed by atoms with Crippen molar-refractivity contribution < 1.29 is 19.2 Å². The molecule has 1 aliphatic heterocycles. The van der Waals surface area contributed by atoms with Crippen LogP contribution in [-0.4, -0.2) is 18.4 Å². The zero-order valence-corrected chi connectivity index (χ0v) is 14.5. The van der Waals surface area contributed by atoms with Crippen molar-refractivity contribution >= 4 is 17.5 Å². The number of ether oxygens (including phenoxy) is 1. The van der Waals surface area contributed by atoms with Crippen molar-refractivity contribution in [1.82, 2.24) is 5.48 Å². The van der Waals surface area contributed by atoms with Crippen molar-refractivity contribution in [2.75, 3.05) is 11.9 Å². The Balaban J connectivity index is 1.32. The number of hydrogen-bond acceptors (Lipinski definition) is 4. The van der Waals surface area contributed by atoms with Crippen molar-refractivity contribution in [1.29, 1.82) is 0 Å². The average Bonchev–Trinajstić information content (AvgIpc) is 2.66. The molecule has 6 heteroatoms. The maximum atomic E-state index is 11.7. The summed E-state index contributed by atoms with van der Waals surface area (Å²) in [5.41, 5.74) is 5.37. The Morgan fingerprint density at radius 3 is 2.81 bits per heavy atom. The quantitative estimate of drug-likeness (QED) is 0.564. The molecule has 0 saturated heterocycles. The Bertz CT molecular complexity index is 762. The van der Waals surface area contributed by atoms with Gasteiger partial charge < -0.3 is 10.1 Å². The van der Waals surface area contributed by atoms with Crippen LogP contribution in [0.2, 0.25) is 0 Å². The van der Waals surface area contributed by atoms with Crippen molar-refractivity contribution in [3.8, 4) is 5.75 Å². The number of aryl methyl sites for hydroxylation is 1. The Kier molecular flexibility index (Phi) is 6.22. The van der Waals surface area contributed by atoms with E-state index in [9.17, 15) is 9.59 Å². The van der Waals surface area contributed by atoms with Gasteiger partial charge in [0.1, 0.15) is 5.75 Å². The Morgan fingerprint density at radius 1 is 1.12 bits per heavy atom. The van der Waals surface area contributed by atoms with Crippen molar-refractivity contribution in [3.05, 3.63) is 59.7 Å². The van der Waals surface area contributed by atoms with Gasteiger partial charge in [-0.15, -0.1) is 0 Å². The molecule has 2 N–H and O–H groups in total. The van der Waals surface area contributed by atoms with Crippen LogP contribution in [0.25, 0.3) is 0 Å². The second-order valence-corrected chi connectivity index (χ2v) is 6.12. The van der Waals surface area contributed by atoms with Crippen LogP contribution in [0.5, 0.6) is 5.75 Å². The van der Waals surface area contributed by atoms with Crippen molar-refractivity contribution in [2.24, 2.45) is 0 Å². The SMILES string of the molecule is O=C(CCCOc1ccc2c(c1)CCC(=O)N2)NOCc1ccccc1. The first-order chi connectivity index (χ1) is 12.7. The highest BCUT2D eigenvalue weighted by Gasteiger charge is 2.15. The first kappa shape index (κ1) is 17.9. The summed E-state index contributed by atoms with van der Waals surface area (Å²) < 4.78 is 5.69. The monoisotopic (exact) mass is 354 g/mol. The van der Waals surface area contributed by atoms with E-state index in [1.807, 2.05) is 48.5 Å². The van der Waals surface area contributed by atoms with E-state index in [-0.39, 0.29) is 11.8 Å². The highest BCUT2D eigenvalue weighted by atomic mass is 16.6. The molecule has 136 valence electrons. The third kappa shape index (κ3) is 5.32. The molecule has 6 nitrogen and oxygen atoms in total. The van der Waals surface area contributed by atoms with Crippen LogP contribution in [-0.2, 0) is 27.5 Å². The lowest BCUT2D eigenvalue weighted by atomic mass is 10.0. The molecule has 2 aromatic carbocycles. The number of hydrogen-bond donors (Lipinski definition) is 2. The molecule has 26 heavy (non-hydrogen) atoms. The van der Waals surface area contributed by atoms with E-state index in [4.69, 9.17) is 9.57 Å². The first-order valence-corrected chi connectivity index (χ1v) is 8.71. The van der Waals surface area contributed by atoms with Crippen LogP contribution >= 0.6 is 0 Å². The fraction of sp³-hybridized carbons (Fsp3) is 0.300. The number of nitrogens with one attached hydrogen (secondary N) is 2. The summed E-state index contributed by atoms with van der Waals surface area (Å²) in [4.78, 5) is 28.3. The van der Waals surface area contributed by atoms with Gasteiger partial charge in [-0.2, -0.15) is 0 Å². The van der Waals surface area contributed by atoms with Gasteiger partial charge in [0.2, 0.25) is 11.8 Å². The van der Waals surface area contributed by atoms with Gasteiger partial charge in [0.15, 0.2) is 0 Å². The highest BCUT2D eigenvalue weighted by Crippen LogP contribution is 2.26. The van der Waals surface area contributed by atoms with Crippen LogP contribution in [0.1, 0.15) is 30.4 Å². The van der Waals surface area contributed by atoms with E-state index in [1.165, 1.54) is 0 Å². The third-order valence-electron chi connectivity index (χ3n) is 4.06. The summed E-state index contributed by atoms with van der Waals surface area (Å²) in [5, 5.41) is 2.84. The van der Waals surface area contributed by atoms with Gasteiger partial charge in [0.05, 0.1) is 13.2 Å². The van der Waals surface area contributed by atoms with E-state index in [1.54, 1.807) is 0 Å². The molecule has 0 aromatic heterocycles. The van der Waals surface area contributed by atoms with Crippen molar-refractivity contribution in [2.45, 2.75) is 32.3 Å². The molecule has 0 bridgehead atoms. The van der Waals surface area contributed by atoms with Crippen LogP contribution < -0.4 is 15.5 Å². The molecule has 0 saturated carbocycles. The molecule has 0 fully saturated rings. The predicted molar refractivity (Wildman–Crippen MR) is 97.5 cm³/mol. The van der Waals surface area contributed by atoms with E-state index in [0.29, 0.717) is 32.5 Å².